The van der Waals surface area contributed by atoms with Crippen LogP contribution in [0.3, 0.4) is 0 Å². The Labute approximate surface area is 102 Å². The van der Waals surface area contributed by atoms with Crippen molar-refractivity contribution in [1.29, 1.82) is 0 Å². The molecule has 2 rings (SSSR count). The van der Waals surface area contributed by atoms with E-state index in [0.717, 1.165) is 18.3 Å². The molecule has 0 spiro atoms. The van der Waals surface area contributed by atoms with Crippen molar-refractivity contribution >= 4 is 11.8 Å². The molecule has 0 aromatic carbocycles. The Morgan fingerprint density at radius 1 is 1.29 bits per heavy atom. The lowest BCUT2D eigenvalue weighted by molar-refractivity contribution is 0.345. The van der Waals surface area contributed by atoms with E-state index < -0.39 is 0 Å². The minimum atomic E-state index is 0.452. The average Bonchev–Trinajstić information content (AvgIpc) is 2.40. The van der Waals surface area contributed by atoms with Crippen molar-refractivity contribution in [3.8, 4) is 0 Å². The van der Waals surface area contributed by atoms with Crippen LogP contribution in [0.1, 0.15) is 38.5 Å². The monoisotopic (exact) mass is 235 g/mol. The van der Waals surface area contributed by atoms with E-state index in [0.29, 0.717) is 5.95 Å². The summed E-state index contributed by atoms with van der Waals surface area (Å²) in [5.74, 6) is 7.44. The normalized spacial score (nSPS) is 16.8. The van der Waals surface area contributed by atoms with Crippen LogP contribution in [0.25, 0.3) is 0 Å². The molecule has 1 aliphatic carbocycles. The van der Waals surface area contributed by atoms with Gasteiger partial charge >= 0.3 is 0 Å². The van der Waals surface area contributed by atoms with E-state index in [4.69, 9.17) is 5.84 Å². The molecule has 0 bridgehead atoms. The van der Waals surface area contributed by atoms with E-state index in [9.17, 15) is 0 Å². The van der Waals surface area contributed by atoms with Crippen molar-refractivity contribution in [3.63, 3.8) is 0 Å². The highest BCUT2D eigenvalue weighted by Gasteiger charge is 2.12. The quantitative estimate of drug-likeness (QED) is 0.538. The van der Waals surface area contributed by atoms with E-state index in [1.165, 1.54) is 38.5 Å². The van der Waals surface area contributed by atoms with Crippen LogP contribution in [0, 0.1) is 5.92 Å². The molecule has 0 aliphatic heterocycles. The number of hydrazine groups is 1. The lowest BCUT2D eigenvalue weighted by Gasteiger charge is -2.21. The van der Waals surface area contributed by atoms with Crippen molar-refractivity contribution in [2.45, 2.75) is 38.5 Å². The lowest BCUT2D eigenvalue weighted by Crippen LogP contribution is -2.14. The lowest BCUT2D eigenvalue weighted by atomic mass is 9.87. The Hall–Kier alpha value is -1.36. The van der Waals surface area contributed by atoms with Gasteiger partial charge in [-0.15, -0.1) is 0 Å². The fourth-order valence-electron chi connectivity index (χ4n) is 2.41. The van der Waals surface area contributed by atoms with Gasteiger partial charge in [0.15, 0.2) is 0 Å². The molecule has 1 aromatic heterocycles. The van der Waals surface area contributed by atoms with Crippen LogP contribution < -0.4 is 16.6 Å². The van der Waals surface area contributed by atoms with Crippen molar-refractivity contribution in [2.24, 2.45) is 11.8 Å². The second-order valence-corrected chi connectivity index (χ2v) is 4.63. The summed E-state index contributed by atoms with van der Waals surface area (Å²) < 4.78 is 0. The van der Waals surface area contributed by atoms with Gasteiger partial charge in [-0.1, -0.05) is 32.1 Å². The zero-order chi connectivity index (χ0) is 11.9. The Bertz CT molecular complexity index is 335. The minimum Gasteiger partial charge on any atom is -0.370 e. The van der Waals surface area contributed by atoms with Gasteiger partial charge in [0.25, 0.3) is 0 Å². The van der Waals surface area contributed by atoms with Crippen molar-refractivity contribution in [1.82, 2.24) is 9.97 Å². The number of rotatable bonds is 5. The molecule has 1 saturated carbocycles. The Kier molecular flexibility index (Phi) is 4.55. The molecule has 1 aliphatic rings. The molecule has 5 nitrogen and oxygen atoms in total. The van der Waals surface area contributed by atoms with Crippen LogP contribution in [-0.2, 0) is 0 Å². The first-order valence-electron chi connectivity index (χ1n) is 6.42. The summed E-state index contributed by atoms with van der Waals surface area (Å²) in [6, 6.07) is 1.86. The molecule has 0 atom stereocenters. The Morgan fingerprint density at radius 2 is 2.12 bits per heavy atom. The molecule has 0 saturated heterocycles. The van der Waals surface area contributed by atoms with E-state index in [1.54, 1.807) is 6.20 Å². The highest BCUT2D eigenvalue weighted by molar-refractivity contribution is 5.38. The summed E-state index contributed by atoms with van der Waals surface area (Å²) in [5, 5.41) is 3.32. The number of nitrogens with zero attached hydrogens (tertiary/aromatic N) is 2. The van der Waals surface area contributed by atoms with Gasteiger partial charge < -0.3 is 5.32 Å². The number of nitrogen functional groups attached to an aromatic ring is 1. The molecule has 17 heavy (non-hydrogen) atoms. The maximum Gasteiger partial charge on any atom is 0.239 e. The summed E-state index contributed by atoms with van der Waals surface area (Å²) >= 11 is 0. The summed E-state index contributed by atoms with van der Waals surface area (Å²) in [5.41, 5.74) is 2.44. The molecule has 5 heteroatoms. The fourth-order valence-corrected chi connectivity index (χ4v) is 2.41. The maximum absolute atomic E-state index is 5.26. The number of nitrogens with one attached hydrogen (secondary N) is 2. The predicted octanol–water partition coefficient (Wildman–Crippen LogP) is 2.14. The first-order chi connectivity index (χ1) is 8.38. The van der Waals surface area contributed by atoms with Gasteiger partial charge in [-0.05, 0) is 18.4 Å². The molecule has 0 unspecified atom stereocenters. The van der Waals surface area contributed by atoms with E-state index >= 15 is 0 Å². The summed E-state index contributed by atoms with van der Waals surface area (Å²) in [7, 11) is 0. The fraction of sp³-hybridized carbons (Fsp3) is 0.667. The van der Waals surface area contributed by atoms with Crippen LogP contribution in [0.2, 0.25) is 0 Å². The average molecular weight is 235 g/mol. The first kappa shape index (κ1) is 12.1. The molecular formula is C12H21N5. The third kappa shape index (κ3) is 3.85. The van der Waals surface area contributed by atoms with Crippen LogP contribution in [0.5, 0.6) is 0 Å². The van der Waals surface area contributed by atoms with Gasteiger partial charge in [-0.2, -0.15) is 4.98 Å². The number of aromatic nitrogens is 2. The Balaban J connectivity index is 1.73. The van der Waals surface area contributed by atoms with Crippen molar-refractivity contribution < 1.29 is 0 Å². The van der Waals surface area contributed by atoms with Crippen molar-refractivity contribution in [3.05, 3.63) is 12.3 Å². The smallest absolute Gasteiger partial charge is 0.239 e. The summed E-state index contributed by atoms with van der Waals surface area (Å²) in [4.78, 5) is 8.18. The second-order valence-electron chi connectivity index (χ2n) is 4.63. The molecule has 0 amide bonds. The maximum atomic E-state index is 5.26. The van der Waals surface area contributed by atoms with Crippen LogP contribution in [0.15, 0.2) is 12.3 Å². The van der Waals surface area contributed by atoms with Crippen LogP contribution >= 0.6 is 0 Å². The van der Waals surface area contributed by atoms with Gasteiger partial charge in [0.1, 0.15) is 5.82 Å². The van der Waals surface area contributed by atoms with E-state index in [1.807, 2.05) is 6.07 Å². The van der Waals surface area contributed by atoms with Crippen LogP contribution in [-0.4, -0.2) is 16.5 Å². The van der Waals surface area contributed by atoms with Gasteiger partial charge in [0, 0.05) is 12.7 Å². The highest BCUT2D eigenvalue weighted by atomic mass is 15.3. The van der Waals surface area contributed by atoms with Crippen LogP contribution in [0.4, 0.5) is 11.8 Å². The number of nitrogens with two attached hydrogens (primary N) is 1. The minimum absolute atomic E-state index is 0.452. The number of hydrogen-bond donors (Lipinski definition) is 3. The molecule has 1 fully saturated rings. The number of hydrogen-bond acceptors (Lipinski definition) is 5. The third-order valence-corrected chi connectivity index (χ3v) is 3.37. The predicted molar refractivity (Wildman–Crippen MR) is 69.5 cm³/mol. The zero-order valence-electron chi connectivity index (χ0n) is 10.2. The van der Waals surface area contributed by atoms with Crippen molar-refractivity contribution in [2.75, 3.05) is 17.3 Å². The van der Waals surface area contributed by atoms with Gasteiger partial charge in [-0.25, -0.2) is 10.8 Å². The van der Waals surface area contributed by atoms with E-state index in [-0.39, 0.29) is 0 Å². The largest absolute Gasteiger partial charge is 0.370 e. The first-order valence-corrected chi connectivity index (χ1v) is 6.42. The standard InChI is InChI=1S/C12H21N5/c13-17-12-15-9-7-11(16-12)14-8-6-10-4-2-1-3-5-10/h7,9-10H,1-6,8,13H2,(H2,14,15,16,17). The van der Waals surface area contributed by atoms with E-state index in [2.05, 4.69) is 20.7 Å². The highest BCUT2D eigenvalue weighted by Crippen LogP contribution is 2.26. The third-order valence-electron chi connectivity index (χ3n) is 3.37. The second kappa shape index (κ2) is 6.39. The van der Waals surface area contributed by atoms with Gasteiger partial charge in [0.2, 0.25) is 5.95 Å². The molecule has 1 aromatic rings. The topological polar surface area (TPSA) is 75.9 Å². The van der Waals surface area contributed by atoms with Gasteiger partial charge in [-0.3, -0.25) is 5.43 Å². The SMILES string of the molecule is NNc1nccc(NCCC2CCCCC2)n1. The molecule has 0 radical (unpaired) electrons. The number of anilines is 2. The van der Waals surface area contributed by atoms with Gasteiger partial charge in [0.05, 0.1) is 0 Å². The molecule has 1 heterocycles. The molecule has 94 valence electrons. The molecule has 4 N–H and O–H groups in total. The summed E-state index contributed by atoms with van der Waals surface area (Å²) in [6.07, 6.45) is 9.93. The molecular weight excluding hydrogens is 214 g/mol. The summed E-state index contributed by atoms with van der Waals surface area (Å²) in [6.45, 7) is 0.978. The zero-order valence-corrected chi connectivity index (χ0v) is 10.2. The Morgan fingerprint density at radius 3 is 2.88 bits per heavy atom.